The predicted octanol–water partition coefficient (Wildman–Crippen LogP) is -0.474. The van der Waals surface area contributed by atoms with Crippen molar-refractivity contribution >= 4 is 5.97 Å². The number of carboxylic acids is 1. The summed E-state index contributed by atoms with van der Waals surface area (Å²) in [5, 5.41) is 18.0. The highest BCUT2D eigenvalue weighted by atomic mass is 16.4. The summed E-state index contributed by atoms with van der Waals surface area (Å²) in [4.78, 5) is 12.4. The molecule has 0 aliphatic carbocycles. The third-order valence-corrected chi connectivity index (χ3v) is 2.42. The van der Waals surface area contributed by atoms with Gasteiger partial charge < -0.3 is 10.2 Å². The maximum absolute atomic E-state index is 10.7. The zero-order valence-corrected chi connectivity index (χ0v) is 6.74. The van der Waals surface area contributed by atoms with Crippen molar-refractivity contribution in [1.29, 1.82) is 0 Å². The van der Waals surface area contributed by atoms with Crippen molar-refractivity contribution < 1.29 is 15.0 Å². The SMILES string of the molecule is CN1C[C@H](O)C[C@]1(C)C(=O)O. The Morgan fingerprint density at radius 2 is 2.27 bits per heavy atom. The van der Waals surface area contributed by atoms with Crippen LogP contribution in [-0.2, 0) is 4.79 Å². The predicted molar refractivity (Wildman–Crippen MR) is 39.3 cm³/mol. The van der Waals surface area contributed by atoms with Gasteiger partial charge in [-0.3, -0.25) is 9.69 Å². The molecule has 1 aliphatic heterocycles. The molecule has 2 N–H and O–H groups in total. The molecule has 1 rings (SSSR count). The van der Waals surface area contributed by atoms with Gasteiger partial charge >= 0.3 is 5.97 Å². The minimum Gasteiger partial charge on any atom is -0.480 e. The van der Waals surface area contributed by atoms with E-state index in [9.17, 15) is 9.90 Å². The van der Waals surface area contributed by atoms with Gasteiger partial charge in [0.05, 0.1) is 6.10 Å². The Morgan fingerprint density at radius 3 is 2.45 bits per heavy atom. The summed E-state index contributed by atoms with van der Waals surface area (Å²) in [6, 6.07) is 0. The number of aliphatic hydroxyl groups is 1. The van der Waals surface area contributed by atoms with E-state index in [1.807, 2.05) is 0 Å². The van der Waals surface area contributed by atoms with Crippen molar-refractivity contribution in [3.05, 3.63) is 0 Å². The minimum absolute atomic E-state index is 0.318. The molecule has 1 saturated heterocycles. The number of likely N-dealkylation sites (tertiary alicyclic amines) is 1. The molecule has 0 bridgehead atoms. The second-order valence-corrected chi connectivity index (χ2v) is 3.32. The van der Waals surface area contributed by atoms with Gasteiger partial charge in [-0.15, -0.1) is 0 Å². The molecule has 0 aromatic carbocycles. The maximum Gasteiger partial charge on any atom is 0.323 e. The summed E-state index contributed by atoms with van der Waals surface area (Å²) in [6.07, 6.45) is -0.181. The van der Waals surface area contributed by atoms with Gasteiger partial charge in [-0.05, 0) is 14.0 Å². The summed E-state index contributed by atoms with van der Waals surface area (Å²) < 4.78 is 0. The Balaban J connectivity index is 2.79. The lowest BCUT2D eigenvalue weighted by Gasteiger charge is -2.26. The van der Waals surface area contributed by atoms with E-state index in [1.165, 1.54) is 0 Å². The van der Waals surface area contributed by atoms with Gasteiger partial charge in [0.25, 0.3) is 0 Å². The minimum atomic E-state index is -0.876. The zero-order chi connectivity index (χ0) is 8.65. The number of aliphatic carboxylic acids is 1. The van der Waals surface area contributed by atoms with Crippen molar-refractivity contribution in [3.63, 3.8) is 0 Å². The zero-order valence-electron chi connectivity index (χ0n) is 6.74. The van der Waals surface area contributed by atoms with Crippen molar-refractivity contribution in [2.45, 2.75) is 25.0 Å². The maximum atomic E-state index is 10.7. The highest BCUT2D eigenvalue weighted by Crippen LogP contribution is 2.27. The quantitative estimate of drug-likeness (QED) is 0.543. The molecule has 4 heteroatoms. The van der Waals surface area contributed by atoms with Crippen LogP contribution in [0.4, 0.5) is 0 Å². The van der Waals surface area contributed by atoms with Gasteiger partial charge in [-0.25, -0.2) is 0 Å². The third-order valence-electron chi connectivity index (χ3n) is 2.42. The van der Waals surface area contributed by atoms with Gasteiger partial charge in [0.2, 0.25) is 0 Å². The van der Waals surface area contributed by atoms with Gasteiger partial charge in [-0.1, -0.05) is 0 Å². The fourth-order valence-electron chi connectivity index (χ4n) is 1.45. The number of nitrogens with zero attached hydrogens (tertiary/aromatic N) is 1. The van der Waals surface area contributed by atoms with E-state index in [4.69, 9.17) is 5.11 Å². The van der Waals surface area contributed by atoms with Gasteiger partial charge in [0, 0.05) is 13.0 Å². The van der Waals surface area contributed by atoms with Crippen LogP contribution in [0, 0.1) is 0 Å². The van der Waals surface area contributed by atoms with Crippen molar-refractivity contribution in [2.24, 2.45) is 0 Å². The van der Waals surface area contributed by atoms with E-state index in [1.54, 1.807) is 18.9 Å². The molecular formula is C7H13NO3. The monoisotopic (exact) mass is 159 g/mol. The normalized spacial score (nSPS) is 39.4. The molecule has 0 aromatic heterocycles. The molecule has 4 nitrogen and oxygen atoms in total. The molecule has 0 amide bonds. The first-order valence-electron chi connectivity index (χ1n) is 3.59. The number of carbonyl (C=O) groups is 1. The second-order valence-electron chi connectivity index (χ2n) is 3.32. The van der Waals surface area contributed by atoms with Crippen molar-refractivity contribution in [1.82, 2.24) is 4.90 Å². The molecule has 0 saturated carbocycles. The molecule has 0 radical (unpaired) electrons. The fraction of sp³-hybridized carbons (Fsp3) is 0.857. The summed E-state index contributed by atoms with van der Waals surface area (Å²) in [5.74, 6) is -0.864. The third kappa shape index (κ3) is 1.23. The topological polar surface area (TPSA) is 60.8 Å². The van der Waals surface area contributed by atoms with E-state index in [-0.39, 0.29) is 0 Å². The molecule has 2 atom stereocenters. The largest absolute Gasteiger partial charge is 0.480 e. The van der Waals surface area contributed by atoms with Crippen LogP contribution >= 0.6 is 0 Å². The van der Waals surface area contributed by atoms with Crippen LogP contribution in [0.2, 0.25) is 0 Å². The average molecular weight is 159 g/mol. The van der Waals surface area contributed by atoms with E-state index in [2.05, 4.69) is 0 Å². The van der Waals surface area contributed by atoms with Gasteiger partial charge in [-0.2, -0.15) is 0 Å². The molecule has 11 heavy (non-hydrogen) atoms. The number of β-amino-alcohol motifs (C(OH)–C–C–N with tert-alkyl or cyclic N) is 1. The first-order valence-corrected chi connectivity index (χ1v) is 3.59. The van der Waals surface area contributed by atoms with E-state index < -0.39 is 17.6 Å². The Labute approximate surface area is 65.4 Å². The van der Waals surface area contributed by atoms with E-state index >= 15 is 0 Å². The van der Waals surface area contributed by atoms with Gasteiger partial charge in [0.15, 0.2) is 0 Å². The highest BCUT2D eigenvalue weighted by Gasteiger charge is 2.45. The Kier molecular flexibility index (Phi) is 1.90. The standard InChI is InChI=1S/C7H13NO3/c1-7(6(10)11)3-5(9)4-8(7)2/h5,9H,3-4H2,1-2H3,(H,10,11)/t5-,7-/m1/s1. The van der Waals surface area contributed by atoms with E-state index in [0.717, 1.165) is 0 Å². The van der Waals surface area contributed by atoms with Crippen LogP contribution in [-0.4, -0.2) is 46.3 Å². The first-order chi connectivity index (χ1) is 4.97. The number of hydrogen-bond donors (Lipinski definition) is 2. The molecule has 1 aliphatic rings. The molecule has 64 valence electrons. The Hall–Kier alpha value is -0.610. The smallest absolute Gasteiger partial charge is 0.323 e. The lowest BCUT2D eigenvalue weighted by Crippen LogP contribution is -2.45. The number of rotatable bonds is 1. The first kappa shape index (κ1) is 8.49. The lowest BCUT2D eigenvalue weighted by molar-refractivity contribution is -0.147. The van der Waals surface area contributed by atoms with Crippen molar-refractivity contribution in [2.75, 3.05) is 13.6 Å². The number of aliphatic hydroxyl groups excluding tert-OH is 1. The molecule has 1 heterocycles. The fourth-order valence-corrected chi connectivity index (χ4v) is 1.45. The van der Waals surface area contributed by atoms with Crippen molar-refractivity contribution in [3.8, 4) is 0 Å². The lowest BCUT2D eigenvalue weighted by atomic mass is 9.99. The van der Waals surface area contributed by atoms with Crippen LogP contribution < -0.4 is 0 Å². The number of carboxylic acid groups (broad SMARTS) is 1. The summed E-state index contributed by atoms with van der Waals surface area (Å²) in [5.41, 5.74) is -0.876. The van der Waals surface area contributed by atoms with Gasteiger partial charge in [0.1, 0.15) is 5.54 Å². The highest BCUT2D eigenvalue weighted by molar-refractivity contribution is 5.78. The second kappa shape index (κ2) is 2.46. The summed E-state index contributed by atoms with van der Waals surface area (Å²) >= 11 is 0. The molecule has 1 fully saturated rings. The molecule has 0 spiro atoms. The molecule has 0 aromatic rings. The summed E-state index contributed by atoms with van der Waals surface area (Å²) in [7, 11) is 1.71. The number of hydrogen-bond acceptors (Lipinski definition) is 3. The Bertz CT molecular complexity index is 183. The Morgan fingerprint density at radius 1 is 1.73 bits per heavy atom. The molecule has 0 unspecified atom stereocenters. The molecular weight excluding hydrogens is 146 g/mol. The van der Waals surface area contributed by atoms with Crippen LogP contribution in [0.3, 0.4) is 0 Å². The number of likely N-dealkylation sites (N-methyl/N-ethyl adjacent to an activating group) is 1. The van der Waals surface area contributed by atoms with E-state index in [0.29, 0.717) is 13.0 Å². The van der Waals surface area contributed by atoms with Crippen LogP contribution in [0.1, 0.15) is 13.3 Å². The van der Waals surface area contributed by atoms with Crippen LogP contribution in [0.15, 0.2) is 0 Å². The average Bonchev–Trinajstić information content (AvgIpc) is 2.08. The summed E-state index contributed by atoms with van der Waals surface area (Å²) in [6.45, 7) is 2.08. The van der Waals surface area contributed by atoms with Crippen LogP contribution in [0.25, 0.3) is 0 Å². The van der Waals surface area contributed by atoms with Crippen LogP contribution in [0.5, 0.6) is 0 Å².